The van der Waals surface area contributed by atoms with Gasteiger partial charge in [0.25, 0.3) is 11.8 Å². The number of imide groups is 1. The van der Waals surface area contributed by atoms with E-state index in [2.05, 4.69) is 17.3 Å². The normalized spacial score (nSPS) is 18.2. The van der Waals surface area contributed by atoms with Gasteiger partial charge in [0.05, 0.1) is 17.2 Å². The number of aliphatic carboxylic acids is 1. The number of benzene rings is 2. The first-order valence-electron chi connectivity index (χ1n) is 13.4. The number of hydrogen-bond acceptors (Lipinski definition) is 6. The second kappa shape index (κ2) is 11.6. The summed E-state index contributed by atoms with van der Waals surface area (Å²) in [6.07, 6.45) is 2.24. The third kappa shape index (κ3) is 5.89. The lowest BCUT2D eigenvalue weighted by molar-refractivity contribution is -0.141. The van der Waals surface area contributed by atoms with Gasteiger partial charge in [-0.3, -0.25) is 29.4 Å². The predicted octanol–water partition coefficient (Wildman–Crippen LogP) is 2.84. The van der Waals surface area contributed by atoms with E-state index in [0.717, 1.165) is 41.6 Å². The van der Waals surface area contributed by atoms with Crippen LogP contribution in [0.2, 0.25) is 0 Å². The van der Waals surface area contributed by atoms with Gasteiger partial charge in [0.1, 0.15) is 6.04 Å². The van der Waals surface area contributed by atoms with Gasteiger partial charge in [-0.15, -0.1) is 0 Å². The fraction of sp³-hybridized carbons (Fsp3) is 0.517. The first kappa shape index (κ1) is 27.7. The smallest absolute Gasteiger partial charge is 0.320 e. The van der Waals surface area contributed by atoms with Gasteiger partial charge in [0.15, 0.2) is 0 Å². The maximum absolute atomic E-state index is 13.5. The largest absolute Gasteiger partial charge is 0.480 e. The average Bonchev–Trinajstić information content (AvgIpc) is 3.12. The number of carboxylic acids is 1. The Kier molecular flexibility index (Phi) is 8.47. The van der Waals surface area contributed by atoms with E-state index in [4.69, 9.17) is 0 Å². The summed E-state index contributed by atoms with van der Waals surface area (Å²) < 4.78 is 0. The van der Waals surface area contributed by atoms with Crippen molar-refractivity contribution in [3.63, 3.8) is 0 Å². The molecule has 2 atom stereocenters. The molecule has 3 amide bonds. The summed E-state index contributed by atoms with van der Waals surface area (Å²) in [5.41, 5.74) is 0.669. The van der Waals surface area contributed by atoms with Crippen LogP contribution < -0.4 is 5.32 Å². The highest BCUT2D eigenvalue weighted by molar-refractivity contribution is 6.23. The molecule has 0 saturated carbocycles. The Labute approximate surface area is 223 Å². The SMILES string of the molecule is CC(C)CC(NC(CCN1C(=O)c2cc3ccccc3cc2C1=O)C(=O)O)C(=O)N(C)C1CCN(C)CC1. The first-order valence-corrected chi connectivity index (χ1v) is 13.4. The lowest BCUT2D eigenvalue weighted by Gasteiger charge is -2.37. The van der Waals surface area contributed by atoms with E-state index in [-0.39, 0.29) is 30.8 Å². The molecule has 0 bridgehead atoms. The van der Waals surface area contributed by atoms with Crippen LogP contribution in [0.5, 0.6) is 0 Å². The van der Waals surface area contributed by atoms with Crippen molar-refractivity contribution in [3.05, 3.63) is 47.5 Å². The molecule has 2 N–H and O–H groups in total. The molecule has 1 fully saturated rings. The summed E-state index contributed by atoms with van der Waals surface area (Å²) in [6, 6.07) is 9.30. The molecule has 0 radical (unpaired) electrons. The van der Waals surface area contributed by atoms with Gasteiger partial charge in [0, 0.05) is 19.6 Å². The molecule has 0 spiro atoms. The van der Waals surface area contributed by atoms with Gasteiger partial charge in [-0.1, -0.05) is 38.1 Å². The molecule has 0 aliphatic carbocycles. The highest BCUT2D eigenvalue weighted by Crippen LogP contribution is 2.28. The van der Waals surface area contributed by atoms with Crippen molar-refractivity contribution in [1.82, 2.24) is 20.0 Å². The summed E-state index contributed by atoms with van der Waals surface area (Å²) in [7, 11) is 3.86. The number of nitrogens with one attached hydrogen (secondary N) is 1. The number of fused-ring (bicyclic) bond motifs is 2. The van der Waals surface area contributed by atoms with Crippen molar-refractivity contribution in [1.29, 1.82) is 0 Å². The number of likely N-dealkylation sites (N-methyl/N-ethyl adjacent to an activating group) is 1. The highest BCUT2D eigenvalue weighted by atomic mass is 16.4. The third-order valence-corrected chi connectivity index (χ3v) is 7.77. The van der Waals surface area contributed by atoms with Crippen molar-refractivity contribution >= 4 is 34.5 Å². The monoisotopic (exact) mass is 522 g/mol. The van der Waals surface area contributed by atoms with Crippen LogP contribution >= 0.6 is 0 Å². The maximum atomic E-state index is 13.5. The van der Waals surface area contributed by atoms with Gasteiger partial charge in [-0.25, -0.2) is 0 Å². The van der Waals surface area contributed by atoms with Gasteiger partial charge >= 0.3 is 5.97 Å². The van der Waals surface area contributed by atoms with Gasteiger partial charge in [-0.2, -0.15) is 0 Å². The molecule has 2 aromatic rings. The number of nitrogens with zero attached hydrogens (tertiary/aromatic N) is 3. The minimum absolute atomic E-state index is 0.000133. The van der Waals surface area contributed by atoms with Crippen LogP contribution in [-0.4, -0.2) is 95.4 Å². The molecule has 2 heterocycles. The molecular weight excluding hydrogens is 484 g/mol. The number of piperidine rings is 1. The highest BCUT2D eigenvalue weighted by Gasteiger charge is 2.37. The lowest BCUT2D eigenvalue weighted by atomic mass is 9.98. The Hall–Kier alpha value is -3.30. The van der Waals surface area contributed by atoms with Crippen LogP contribution in [0.15, 0.2) is 36.4 Å². The number of amides is 3. The molecule has 2 aromatic carbocycles. The zero-order valence-electron chi connectivity index (χ0n) is 22.6. The molecule has 1 saturated heterocycles. The van der Waals surface area contributed by atoms with Crippen LogP contribution in [0.3, 0.4) is 0 Å². The fourth-order valence-corrected chi connectivity index (χ4v) is 5.48. The number of rotatable bonds is 10. The van der Waals surface area contributed by atoms with Gasteiger partial charge in [0.2, 0.25) is 5.91 Å². The molecule has 38 heavy (non-hydrogen) atoms. The second-order valence-electron chi connectivity index (χ2n) is 11.0. The molecule has 9 heteroatoms. The van der Waals surface area contributed by atoms with Crippen LogP contribution in [0.1, 0.15) is 60.2 Å². The van der Waals surface area contributed by atoms with E-state index in [0.29, 0.717) is 17.5 Å². The average molecular weight is 523 g/mol. The van der Waals surface area contributed by atoms with E-state index < -0.39 is 29.9 Å². The van der Waals surface area contributed by atoms with Crippen LogP contribution in [-0.2, 0) is 9.59 Å². The van der Waals surface area contributed by atoms with E-state index in [1.807, 2.05) is 38.1 Å². The van der Waals surface area contributed by atoms with Crippen LogP contribution in [0.25, 0.3) is 10.8 Å². The Balaban J connectivity index is 1.45. The maximum Gasteiger partial charge on any atom is 0.320 e. The Bertz CT molecular complexity index is 1170. The molecule has 2 aliphatic rings. The Morgan fingerprint density at radius 3 is 2.08 bits per heavy atom. The molecule has 2 aliphatic heterocycles. The zero-order valence-corrected chi connectivity index (χ0v) is 22.6. The van der Waals surface area contributed by atoms with Gasteiger partial charge < -0.3 is 14.9 Å². The van der Waals surface area contributed by atoms with Crippen molar-refractivity contribution in [2.24, 2.45) is 5.92 Å². The summed E-state index contributed by atoms with van der Waals surface area (Å²) >= 11 is 0. The van der Waals surface area contributed by atoms with Crippen molar-refractivity contribution < 1.29 is 24.3 Å². The Morgan fingerprint density at radius 1 is 1.03 bits per heavy atom. The Morgan fingerprint density at radius 2 is 1.58 bits per heavy atom. The van der Waals surface area contributed by atoms with Crippen molar-refractivity contribution in [2.45, 2.75) is 57.7 Å². The van der Waals surface area contributed by atoms with Crippen molar-refractivity contribution in [3.8, 4) is 0 Å². The molecule has 4 rings (SSSR count). The minimum Gasteiger partial charge on any atom is -0.480 e. The molecule has 2 unspecified atom stereocenters. The predicted molar refractivity (Wildman–Crippen MR) is 145 cm³/mol. The van der Waals surface area contributed by atoms with Gasteiger partial charge in [-0.05, 0) is 74.6 Å². The van der Waals surface area contributed by atoms with Crippen LogP contribution in [0, 0.1) is 5.92 Å². The molecule has 204 valence electrons. The number of hydrogen-bond donors (Lipinski definition) is 2. The standard InChI is InChI=1S/C29H38N4O5/c1-18(2)15-25(28(36)32(4)21-9-12-31(3)13-10-21)30-24(29(37)38)11-14-33-26(34)22-16-19-7-5-6-8-20(19)17-23(22)27(33)35/h5-8,16-18,21,24-25,30H,9-15H2,1-4H3,(H,37,38). The van der Waals surface area contributed by atoms with E-state index in [1.165, 1.54) is 0 Å². The van der Waals surface area contributed by atoms with E-state index in [9.17, 15) is 24.3 Å². The third-order valence-electron chi connectivity index (χ3n) is 7.77. The summed E-state index contributed by atoms with van der Waals surface area (Å²) in [5.74, 6) is -1.90. The quantitative estimate of drug-likeness (QED) is 0.462. The number of carbonyl (C=O) groups excluding carboxylic acids is 3. The number of carboxylic acid groups (broad SMARTS) is 1. The molecular formula is C29H38N4O5. The molecule has 9 nitrogen and oxygen atoms in total. The van der Waals surface area contributed by atoms with Crippen molar-refractivity contribution in [2.75, 3.05) is 33.7 Å². The van der Waals surface area contributed by atoms with Crippen LogP contribution in [0.4, 0.5) is 0 Å². The number of likely N-dealkylation sites (tertiary alicyclic amines) is 1. The summed E-state index contributed by atoms with van der Waals surface area (Å²) in [6.45, 7) is 5.77. The molecule has 0 aromatic heterocycles. The second-order valence-corrected chi connectivity index (χ2v) is 11.0. The summed E-state index contributed by atoms with van der Waals surface area (Å²) in [4.78, 5) is 57.0. The summed E-state index contributed by atoms with van der Waals surface area (Å²) in [5, 5.41) is 14.8. The van der Waals surface area contributed by atoms with E-state index >= 15 is 0 Å². The van der Waals surface area contributed by atoms with E-state index in [1.54, 1.807) is 24.1 Å². The minimum atomic E-state index is -1.11. The fourth-order valence-electron chi connectivity index (χ4n) is 5.48. The lowest BCUT2D eigenvalue weighted by Crippen LogP contribution is -2.55. The zero-order chi connectivity index (χ0) is 27.6. The topological polar surface area (TPSA) is 110 Å². The number of carbonyl (C=O) groups is 4. The first-order chi connectivity index (χ1) is 18.1.